The molecule has 3 aliphatic rings. The summed E-state index contributed by atoms with van der Waals surface area (Å²) in [6.45, 7) is 3.79. The van der Waals surface area contributed by atoms with E-state index in [1.807, 2.05) is 0 Å². The van der Waals surface area contributed by atoms with Crippen molar-refractivity contribution in [1.82, 2.24) is 9.78 Å². The molecule has 2 atom stereocenters. The molecule has 242 valence electrons. The van der Waals surface area contributed by atoms with Gasteiger partial charge in [0.2, 0.25) is 0 Å². The quantitative estimate of drug-likeness (QED) is 0.184. The van der Waals surface area contributed by atoms with Gasteiger partial charge in [-0.15, -0.1) is 8.78 Å². The van der Waals surface area contributed by atoms with E-state index in [-0.39, 0.29) is 41.5 Å². The summed E-state index contributed by atoms with van der Waals surface area (Å²) in [7, 11) is 0. The Kier molecular flexibility index (Phi) is 8.40. The van der Waals surface area contributed by atoms with Crippen molar-refractivity contribution in [2.24, 2.45) is 5.92 Å². The Balaban J connectivity index is 1.24. The summed E-state index contributed by atoms with van der Waals surface area (Å²) in [6.07, 6.45) is -6.18. The van der Waals surface area contributed by atoms with Crippen molar-refractivity contribution in [2.75, 3.05) is 6.61 Å². The molecule has 1 unspecified atom stereocenters. The van der Waals surface area contributed by atoms with Crippen LogP contribution in [0.4, 0.5) is 22.0 Å². The minimum atomic E-state index is -4.66. The zero-order valence-electron chi connectivity index (χ0n) is 24.7. The third-order valence-electron chi connectivity index (χ3n) is 8.41. The van der Waals surface area contributed by atoms with Gasteiger partial charge in [0, 0.05) is 11.6 Å². The molecule has 13 heteroatoms. The van der Waals surface area contributed by atoms with Crippen LogP contribution in [0.15, 0.2) is 42.5 Å². The first kappa shape index (κ1) is 31.1. The van der Waals surface area contributed by atoms with Gasteiger partial charge in [-0.1, -0.05) is 12.1 Å². The maximum atomic E-state index is 14.2. The number of carbonyl (C=O) groups is 1. The first-order valence-corrected chi connectivity index (χ1v) is 15.1. The topological polar surface area (TPSA) is 81.0 Å². The highest BCUT2D eigenvalue weighted by molar-refractivity contribution is 5.72. The van der Waals surface area contributed by atoms with E-state index in [2.05, 4.69) is 14.6 Å². The summed E-state index contributed by atoms with van der Waals surface area (Å²) < 4.78 is 97.5. The first-order valence-electron chi connectivity index (χ1n) is 15.1. The predicted octanol–water partition coefficient (Wildman–Crippen LogP) is 7.87. The molecule has 6 rings (SSSR count). The molecule has 0 N–H and O–H groups in total. The van der Waals surface area contributed by atoms with E-state index in [0.29, 0.717) is 67.8 Å². The second-order valence-corrected chi connectivity index (χ2v) is 11.5. The van der Waals surface area contributed by atoms with Gasteiger partial charge in [0.05, 0.1) is 30.0 Å². The molecule has 3 aromatic rings. The Labute approximate surface area is 256 Å². The van der Waals surface area contributed by atoms with Crippen LogP contribution in [0.3, 0.4) is 0 Å². The lowest BCUT2D eigenvalue weighted by Crippen LogP contribution is -2.29. The van der Waals surface area contributed by atoms with Crippen molar-refractivity contribution >= 4 is 5.97 Å². The van der Waals surface area contributed by atoms with Gasteiger partial charge < -0.3 is 23.7 Å². The Morgan fingerprint density at radius 3 is 2.56 bits per heavy atom. The fraction of sp³-hybridized carbons (Fsp3) is 0.500. The average molecular weight is 637 g/mol. The molecule has 8 nitrogen and oxygen atoms in total. The smallest absolute Gasteiger partial charge is 0.486 e. The number of carbonyl (C=O) groups excluding carboxylic acids is 1. The second-order valence-electron chi connectivity index (χ2n) is 11.5. The van der Waals surface area contributed by atoms with E-state index in [0.717, 1.165) is 0 Å². The normalized spacial score (nSPS) is 22.9. The van der Waals surface area contributed by atoms with Crippen molar-refractivity contribution in [3.8, 4) is 22.9 Å². The third kappa shape index (κ3) is 6.58. The van der Waals surface area contributed by atoms with Crippen LogP contribution in [0.5, 0.6) is 17.2 Å². The van der Waals surface area contributed by atoms with Crippen molar-refractivity contribution in [2.45, 2.75) is 89.6 Å². The Morgan fingerprint density at radius 2 is 1.82 bits per heavy atom. The summed E-state index contributed by atoms with van der Waals surface area (Å²) in [5.74, 6) is -0.292. The Hall–Kier alpha value is -3.87. The zero-order valence-corrected chi connectivity index (χ0v) is 24.7. The third-order valence-corrected chi connectivity index (χ3v) is 8.41. The molecule has 1 aliphatic heterocycles. The van der Waals surface area contributed by atoms with Gasteiger partial charge in [-0.05, 0) is 88.6 Å². The van der Waals surface area contributed by atoms with Gasteiger partial charge in [-0.25, -0.2) is 4.68 Å². The number of fused-ring (bicyclic) bond motifs is 2. The number of hydrogen-bond acceptors (Lipinski definition) is 7. The Bertz CT molecular complexity index is 1550. The molecule has 2 aliphatic carbocycles. The number of halogens is 5. The van der Waals surface area contributed by atoms with E-state index >= 15 is 0 Å². The largest absolute Gasteiger partial charge is 0.586 e. The second kappa shape index (κ2) is 12.1. The van der Waals surface area contributed by atoms with Crippen LogP contribution in [-0.2, 0) is 26.9 Å². The molecule has 0 saturated heterocycles. The highest BCUT2D eigenvalue weighted by Gasteiger charge is 2.44. The molecule has 1 fully saturated rings. The van der Waals surface area contributed by atoms with Crippen LogP contribution in [0, 0.1) is 5.92 Å². The van der Waals surface area contributed by atoms with Gasteiger partial charge in [0.25, 0.3) is 0 Å². The lowest BCUT2D eigenvalue weighted by atomic mass is 9.86. The van der Waals surface area contributed by atoms with E-state index in [1.165, 1.54) is 16.8 Å². The fourth-order valence-electron chi connectivity index (χ4n) is 6.30. The molecule has 2 heterocycles. The number of alkyl halides is 5. The summed E-state index contributed by atoms with van der Waals surface area (Å²) in [5.41, 5.74) is 0.438. The molecular weight excluding hydrogens is 603 g/mol. The maximum absolute atomic E-state index is 14.2. The van der Waals surface area contributed by atoms with Crippen molar-refractivity contribution in [1.29, 1.82) is 0 Å². The molecule has 0 bridgehead atoms. The van der Waals surface area contributed by atoms with Crippen LogP contribution >= 0.6 is 0 Å². The van der Waals surface area contributed by atoms with E-state index in [1.54, 1.807) is 44.2 Å². The number of benzene rings is 2. The van der Waals surface area contributed by atoms with Crippen LogP contribution in [0.1, 0.15) is 87.1 Å². The molecule has 0 radical (unpaired) electrons. The molecule has 2 aromatic carbocycles. The lowest BCUT2D eigenvalue weighted by molar-refractivity contribution is -0.286. The number of nitrogens with zero attached hydrogens (tertiary/aromatic N) is 2. The van der Waals surface area contributed by atoms with Crippen LogP contribution < -0.4 is 14.2 Å². The minimum absolute atomic E-state index is 0.0920. The summed E-state index contributed by atoms with van der Waals surface area (Å²) in [5, 5.41) is 4.06. The number of esters is 1. The zero-order chi connectivity index (χ0) is 31.9. The van der Waals surface area contributed by atoms with Gasteiger partial charge in [0.15, 0.2) is 17.2 Å². The van der Waals surface area contributed by atoms with E-state index in [4.69, 9.17) is 14.2 Å². The molecule has 1 aromatic heterocycles. The molecule has 0 amide bonds. The van der Waals surface area contributed by atoms with Crippen molar-refractivity contribution < 1.29 is 50.4 Å². The highest BCUT2D eigenvalue weighted by atomic mass is 19.4. The molecule has 0 spiro atoms. The van der Waals surface area contributed by atoms with Gasteiger partial charge in [-0.2, -0.15) is 18.3 Å². The number of rotatable bonds is 8. The van der Waals surface area contributed by atoms with Crippen LogP contribution in [0.2, 0.25) is 0 Å². The van der Waals surface area contributed by atoms with E-state index < -0.39 is 30.4 Å². The summed E-state index contributed by atoms with van der Waals surface area (Å²) in [4.78, 5) is 12.2. The fourth-order valence-corrected chi connectivity index (χ4v) is 6.30. The number of ether oxygens (including phenoxy) is 5. The first-order chi connectivity index (χ1) is 21.4. The van der Waals surface area contributed by atoms with Gasteiger partial charge in [-0.3, -0.25) is 4.79 Å². The molecule has 1 saturated carbocycles. The lowest BCUT2D eigenvalue weighted by Gasteiger charge is -2.33. The highest BCUT2D eigenvalue weighted by Crippen LogP contribution is 2.44. The predicted molar refractivity (Wildman–Crippen MR) is 149 cm³/mol. The Morgan fingerprint density at radius 1 is 1.07 bits per heavy atom. The van der Waals surface area contributed by atoms with Crippen molar-refractivity contribution in [3.63, 3.8) is 0 Å². The summed E-state index contributed by atoms with van der Waals surface area (Å²) >= 11 is 0. The number of hydrogen-bond donors (Lipinski definition) is 0. The van der Waals surface area contributed by atoms with Crippen molar-refractivity contribution in [3.05, 3.63) is 65.0 Å². The van der Waals surface area contributed by atoms with E-state index in [9.17, 15) is 26.7 Å². The standard InChI is InChI=1S/C32H33F5N2O6/c1-3-41-30(40)19-10-13-22(14-11-19)43-26-9-5-8-24-28(26)39(38-29(24)31(33,34)35)21-6-4-7-23(17-21)42-18(2)20-12-15-25-27(16-20)45-32(36,37)44-25/h4,6-7,12,15-19,22,26H,3,5,8-11,13-14H2,1-2H3/t18-,19?,22?,26?/m0/s1. The molecular formula is C32H33F5N2O6. The average Bonchev–Trinajstić information content (AvgIpc) is 3.54. The molecule has 45 heavy (non-hydrogen) atoms. The minimum Gasteiger partial charge on any atom is -0.486 e. The van der Waals surface area contributed by atoms with Crippen LogP contribution in [0.25, 0.3) is 5.69 Å². The van der Waals surface area contributed by atoms with Gasteiger partial charge >= 0.3 is 18.4 Å². The maximum Gasteiger partial charge on any atom is 0.586 e. The number of aromatic nitrogens is 2. The SMILES string of the molecule is CCOC(=O)C1CCC(OC2CCCc3c(C(F)(F)F)nn(-c4cccc(O[C@@H](C)c5ccc6c(c5)OC(F)(F)O6)c4)c32)CC1. The van der Waals surface area contributed by atoms with Gasteiger partial charge in [0.1, 0.15) is 18.0 Å². The van der Waals surface area contributed by atoms with Crippen LogP contribution in [-0.4, -0.2) is 34.8 Å². The monoisotopic (exact) mass is 636 g/mol. The summed E-state index contributed by atoms with van der Waals surface area (Å²) in [6, 6.07) is 10.9.